The molecule has 0 aliphatic carbocycles. The molecular formula is C19H20FN3O. The number of nitrogens with zero attached hydrogens (tertiary/aromatic N) is 2. The zero-order chi connectivity index (χ0) is 16.5. The number of nitrogens with one attached hydrogen (secondary N) is 1. The summed E-state index contributed by atoms with van der Waals surface area (Å²) < 4.78 is 21.0. The van der Waals surface area contributed by atoms with Gasteiger partial charge in [-0.05, 0) is 55.7 Å². The molecule has 3 aromatic rings. The van der Waals surface area contributed by atoms with Crippen molar-refractivity contribution >= 4 is 11.5 Å². The van der Waals surface area contributed by atoms with E-state index in [0.717, 1.165) is 54.3 Å². The van der Waals surface area contributed by atoms with Crippen molar-refractivity contribution in [2.75, 3.05) is 18.5 Å². The molecule has 0 amide bonds. The molecule has 4 nitrogen and oxygen atoms in total. The summed E-state index contributed by atoms with van der Waals surface area (Å²) >= 11 is 0. The number of pyridine rings is 1. The highest BCUT2D eigenvalue weighted by atomic mass is 19.1. The van der Waals surface area contributed by atoms with Gasteiger partial charge in [0.15, 0.2) is 0 Å². The van der Waals surface area contributed by atoms with E-state index in [1.54, 1.807) is 12.1 Å². The summed E-state index contributed by atoms with van der Waals surface area (Å²) in [6, 6.07) is 10.5. The average Bonchev–Trinajstić information content (AvgIpc) is 3.22. The first-order valence-electron chi connectivity index (χ1n) is 8.31. The third-order valence-corrected chi connectivity index (χ3v) is 4.48. The van der Waals surface area contributed by atoms with Crippen molar-refractivity contribution < 1.29 is 9.13 Å². The van der Waals surface area contributed by atoms with Crippen molar-refractivity contribution in [1.29, 1.82) is 0 Å². The van der Waals surface area contributed by atoms with Crippen LogP contribution >= 0.6 is 0 Å². The van der Waals surface area contributed by atoms with Gasteiger partial charge in [-0.25, -0.2) is 9.37 Å². The Hall–Kier alpha value is -2.40. The third-order valence-electron chi connectivity index (χ3n) is 4.48. The summed E-state index contributed by atoms with van der Waals surface area (Å²) in [5.74, 6) is 0.684. The van der Waals surface area contributed by atoms with Gasteiger partial charge in [0.1, 0.15) is 23.0 Å². The third kappa shape index (κ3) is 2.76. The smallest absolute Gasteiger partial charge is 0.142 e. The zero-order valence-electron chi connectivity index (χ0n) is 13.6. The maximum absolute atomic E-state index is 13.3. The molecule has 3 heterocycles. The topological polar surface area (TPSA) is 38.6 Å². The standard InChI is InChI=1S/C19H20FN3O/c1-13-4-2-10-23-18(13)22-17(14-6-8-15(20)9-7-14)19(23)21-12-16-5-3-11-24-16/h2,4,6-10,16,21H,3,5,11-12H2,1H3/t16-/m1/s1. The highest BCUT2D eigenvalue weighted by Gasteiger charge is 2.19. The van der Waals surface area contributed by atoms with Crippen molar-refractivity contribution in [2.45, 2.75) is 25.9 Å². The Morgan fingerprint density at radius 3 is 2.88 bits per heavy atom. The number of aryl methyl sites for hydroxylation is 1. The number of fused-ring (bicyclic) bond motifs is 1. The summed E-state index contributed by atoms with van der Waals surface area (Å²) in [5.41, 5.74) is 3.74. The zero-order valence-corrected chi connectivity index (χ0v) is 13.6. The molecule has 1 N–H and O–H groups in total. The van der Waals surface area contributed by atoms with Crippen LogP contribution in [0.3, 0.4) is 0 Å². The van der Waals surface area contributed by atoms with E-state index in [2.05, 4.69) is 9.72 Å². The van der Waals surface area contributed by atoms with E-state index in [-0.39, 0.29) is 11.9 Å². The number of rotatable bonds is 4. The van der Waals surface area contributed by atoms with E-state index < -0.39 is 0 Å². The summed E-state index contributed by atoms with van der Waals surface area (Å²) in [4.78, 5) is 4.79. The van der Waals surface area contributed by atoms with Crippen LogP contribution in [0.2, 0.25) is 0 Å². The molecule has 1 aliphatic rings. The first kappa shape index (κ1) is 15.1. The Morgan fingerprint density at radius 1 is 1.29 bits per heavy atom. The number of imidazole rings is 1. The van der Waals surface area contributed by atoms with E-state index in [9.17, 15) is 4.39 Å². The lowest BCUT2D eigenvalue weighted by molar-refractivity contribution is 0.120. The molecule has 1 aliphatic heterocycles. The minimum absolute atomic E-state index is 0.237. The average molecular weight is 325 g/mol. The van der Waals surface area contributed by atoms with Gasteiger partial charge >= 0.3 is 0 Å². The minimum Gasteiger partial charge on any atom is -0.376 e. The van der Waals surface area contributed by atoms with Crippen LogP contribution in [0.1, 0.15) is 18.4 Å². The Balaban J connectivity index is 1.77. The van der Waals surface area contributed by atoms with Crippen molar-refractivity contribution in [3.05, 3.63) is 54.0 Å². The lowest BCUT2D eigenvalue weighted by atomic mass is 10.1. The Labute approximate surface area is 140 Å². The number of aromatic nitrogens is 2. The van der Waals surface area contributed by atoms with Crippen LogP contribution < -0.4 is 5.32 Å². The van der Waals surface area contributed by atoms with Crippen LogP contribution in [0.4, 0.5) is 10.2 Å². The van der Waals surface area contributed by atoms with Gasteiger partial charge in [-0.3, -0.25) is 4.40 Å². The molecule has 0 saturated carbocycles. The number of anilines is 1. The van der Waals surface area contributed by atoms with E-state index in [0.29, 0.717) is 0 Å². The second kappa shape index (κ2) is 6.24. The number of benzene rings is 1. The van der Waals surface area contributed by atoms with Crippen LogP contribution in [0.5, 0.6) is 0 Å². The van der Waals surface area contributed by atoms with E-state index in [1.165, 1.54) is 12.1 Å². The Morgan fingerprint density at radius 2 is 2.12 bits per heavy atom. The van der Waals surface area contributed by atoms with Gasteiger partial charge in [-0.15, -0.1) is 0 Å². The first-order chi connectivity index (χ1) is 11.7. The highest BCUT2D eigenvalue weighted by molar-refractivity contribution is 5.77. The quantitative estimate of drug-likeness (QED) is 0.787. The fourth-order valence-corrected chi connectivity index (χ4v) is 3.20. The second-order valence-corrected chi connectivity index (χ2v) is 6.22. The summed E-state index contributed by atoms with van der Waals surface area (Å²) in [7, 11) is 0. The van der Waals surface area contributed by atoms with Gasteiger partial charge in [0.25, 0.3) is 0 Å². The number of hydrogen-bond acceptors (Lipinski definition) is 3. The van der Waals surface area contributed by atoms with Crippen LogP contribution in [0, 0.1) is 12.7 Å². The molecule has 1 aromatic carbocycles. The number of halogens is 1. The van der Waals surface area contributed by atoms with E-state index >= 15 is 0 Å². The molecule has 5 heteroatoms. The molecule has 0 radical (unpaired) electrons. The first-order valence-corrected chi connectivity index (χ1v) is 8.31. The van der Waals surface area contributed by atoms with E-state index in [1.807, 2.05) is 25.3 Å². The lowest BCUT2D eigenvalue weighted by Gasteiger charge is -2.13. The van der Waals surface area contributed by atoms with Crippen molar-refractivity contribution in [1.82, 2.24) is 9.38 Å². The summed E-state index contributed by atoms with van der Waals surface area (Å²) in [6.45, 7) is 3.62. The molecule has 0 spiro atoms. The van der Waals surface area contributed by atoms with Crippen LogP contribution in [0.25, 0.3) is 16.9 Å². The number of ether oxygens (including phenoxy) is 1. The van der Waals surface area contributed by atoms with Gasteiger partial charge < -0.3 is 10.1 Å². The molecule has 24 heavy (non-hydrogen) atoms. The second-order valence-electron chi connectivity index (χ2n) is 6.22. The number of hydrogen-bond donors (Lipinski definition) is 1. The molecule has 1 fully saturated rings. The minimum atomic E-state index is -0.243. The summed E-state index contributed by atoms with van der Waals surface area (Å²) in [5, 5.41) is 3.50. The van der Waals surface area contributed by atoms with Crippen LogP contribution in [0.15, 0.2) is 42.6 Å². The van der Waals surface area contributed by atoms with Crippen LogP contribution in [-0.2, 0) is 4.74 Å². The monoisotopic (exact) mass is 325 g/mol. The Kier molecular flexibility index (Phi) is 3.94. The molecule has 0 unspecified atom stereocenters. The van der Waals surface area contributed by atoms with Gasteiger partial charge in [0.2, 0.25) is 0 Å². The van der Waals surface area contributed by atoms with Gasteiger partial charge in [0, 0.05) is 24.9 Å². The summed E-state index contributed by atoms with van der Waals surface area (Å²) in [6.07, 6.45) is 4.43. The lowest BCUT2D eigenvalue weighted by Crippen LogP contribution is -2.19. The molecule has 1 atom stereocenters. The molecule has 0 bridgehead atoms. The van der Waals surface area contributed by atoms with Gasteiger partial charge in [-0.2, -0.15) is 0 Å². The molecule has 2 aromatic heterocycles. The predicted molar refractivity (Wildman–Crippen MR) is 92.8 cm³/mol. The fourth-order valence-electron chi connectivity index (χ4n) is 3.20. The maximum Gasteiger partial charge on any atom is 0.142 e. The van der Waals surface area contributed by atoms with Crippen molar-refractivity contribution in [3.8, 4) is 11.3 Å². The van der Waals surface area contributed by atoms with Crippen molar-refractivity contribution in [3.63, 3.8) is 0 Å². The SMILES string of the molecule is Cc1cccn2c(NC[C@H]3CCCO3)c(-c3ccc(F)cc3)nc12. The molecular weight excluding hydrogens is 305 g/mol. The normalized spacial score (nSPS) is 17.5. The molecule has 1 saturated heterocycles. The molecule has 124 valence electrons. The van der Waals surface area contributed by atoms with Crippen molar-refractivity contribution in [2.24, 2.45) is 0 Å². The largest absolute Gasteiger partial charge is 0.376 e. The van der Waals surface area contributed by atoms with Gasteiger partial charge in [0.05, 0.1) is 6.10 Å². The highest BCUT2D eigenvalue weighted by Crippen LogP contribution is 2.30. The predicted octanol–water partition coefficient (Wildman–Crippen LogP) is 4.04. The van der Waals surface area contributed by atoms with Gasteiger partial charge in [-0.1, -0.05) is 6.07 Å². The Bertz CT molecular complexity index is 851. The van der Waals surface area contributed by atoms with E-state index in [4.69, 9.17) is 9.72 Å². The fraction of sp³-hybridized carbons (Fsp3) is 0.316. The molecule has 4 rings (SSSR count). The maximum atomic E-state index is 13.3. The van der Waals surface area contributed by atoms with Crippen LogP contribution in [-0.4, -0.2) is 28.6 Å².